The Kier molecular flexibility index (Phi) is 3.95. The Bertz CT molecular complexity index is 1110. The first-order valence-corrected chi connectivity index (χ1v) is 9.61. The minimum Gasteiger partial charge on any atom is -0.453 e. The fourth-order valence-electron chi connectivity index (χ4n) is 3.47. The fraction of sp³-hybridized carbons (Fsp3) is 0. The number of rotatable bonds is 2. The molecule has 0 radical (unpaired) electrons. The molecule has 1 aliphatic heterocycles. The van der Waals surface area contributed by atoms with Crippen LogP contribution in [0.5, 0.6) is 11.5 Å². The van der Waals surface area contributed by atoms with Gasteiger partial charge in [-0.15, -0.1) is 0 Å². The van der Waals surface area contributed by atoms with Crippen molar-refractivity contribution in [1.82, 2.24) is 0 Å². The lowest BCUT2D eigenvalue weighted by Gasteiger charge is -2.33. The van der Waals surface area contributed by atoms with Gasteiger partial charge in [-0.05, 0) is 47.5 Å². The van der Waals surface area contributed by atoms with E-state index in [0.717, 1.165) is 38.6 Å². The first-order valence-electron chi connectivity index (χ1n) is 8.82. The van der Waals surface area contributed by atoms with E-state index in [1.807, 2.05) is 30.3 Å². The Morgan fingerprint density at radius 1 is 0.630 bits per heavy atom. The number of ether oxygens (including phenoxy) is 1. The van der Waals surface area contributed by atoms with Crippen molar-refractivity contribution in [3.63, 3.8) is 0 Å². The first kappa shape index (κ1) is 16.2. The zero-order chi connectivity index (χ0) is 18.2. The van der Waals surface area contributed by atoms with E-state index in [1.165, 1.54) is 5.56 Å². The summed E-state index contributed by atoms with van der Waals surface area (Å²) >= 11 is 3.73. The summed E-state index contributed by atoms with van der Waals surface area (Å²) in [7, 11) is 0. The largest absolute Gasteiger partial charge is 0.453 e. The second-order valence-electron chi connectivity index (χ2n) is 6.41. The summed E-state index contributed by atoms with van der Waals surface area (Å²) in [5.74, 6) is 1.69. The number of anilines is 3. The molecular weight excluding hydrogens is 398 g/mol. The van der Waals surface area contributed by atoms with E-state index < -0.39 is 0 Å². The Balaban J connectivity index is 1.75. The summed E-state index contributed by atoms with van der Waals surface area (Å²) in [4.78, 5) is 2.26. The quantitative estimate of drug-likeness (QED) is 0.294. The van der Waals surface area contributed by atoms with E-state index in [-0.39, 0.29) is 0 Å². The smallest absolute Gasteiger partial charge is 0.152 e. The van der Waals surface area contributed by atoms with Crippen molar-refractivity contribution in [2.24, 2.45) is 0 Å². The van der Waals surface area contributed by atoms with Crippen LogP contribution in [0.2, 0.25) is 0 Å². The number of nitrogens with zero attached hydrogens (tertiary/aromatic N) is 1. The first-order chi connectivity index (χ1) is 13.3. The molecule has 0 saturated carbocycles. The molecule has 0 unspecified atom stereocenters. The van der Waals surface area contributed by atoms with Crippen LogP contribution in [0.3, 0.4) is 0 Å². The minimum atomic E-state index is 0.837. The average molecular weight is 414 g/mol. The van der Waals surface area contributed by atoms with Crippen LogP contribution in [0, 0.1) is 0 Å². The number of hydrogen-bond acceptors (Lipinski definition) is 2. The summed E-state index contributed by atoms with van der Waals surface area (Å²) in [6, 6.07) is 33.2. The molecule has 0 N–H and O–H groups in total. The predicted molar refractivity (Wildman–Crippen MR) is 114 cm³/mol. The molecule has 4 aromatic rings. The number of hydrogen-bond donors (Lipinski definition) is 0. The number of benzene rings is 4. The van der Waals surface area contributed by atoms with E-state index in [4.69, 9.17) is 4.74 Å². The average Bonchev–Trinajstić information content (AvgIpc) is 2.73. The Morgan fingerprint density at radius 3 is 2.07 bits per heavy atom. The van der Waals surface area contributed by atoms with E-state index in [1.54, 1.807) is 0 Å². The molecule has 0 spiro atoms. The van der Waals surface area contributed by atoms with Gasteiger partial charge in [-0.2, -0.15) is 0 Å². The standard InChI is InChI=1S/C24H16BrNO/c25-20-16-24-22(15-19(20)17-9-3-1-4-10-17)26(18-11-5-2-6-12-18)21-13-7-8-14-23(21)27-24/h1-16H. The number of fused-ring (bicyclic) bond motifs is 2. The van der Waals surface area contributed by atoms with Gasteiger partial charge in [0.25, 0.3) is 0 Å². The summed E-state index contributed by atoms with van der Waals surface area (Å²) in [6.07, 6.45) is 0. The van der Waals surface area contributed by atoms with Gasteiger partial charge in [-0.3, -0.25) is 0 Å². The summed E-state index contributed by atoms with van der Waals surface area (Å²) in [5, 5.41) is 0. The van der Waals surface area contributed by atoms with Crippen molar-refractivity contribution in [3.8, 4) is 22.6 Å². The second kappa shape index (κ2) is 6.60. The highest BCUT2D eigenvalue weighted by molar-refractivity contribution is 9.10. The lowest BCUT2D eigenvalue weighted by atomic mass is 10.0. The Morgan fingerprint density at radius 2 is 1.30 bits per heavy atom. The molecule has 0 saturated heterocycles. The third kappa shape index (κ3) is 2.81. The molecule has 5 rings (SSSR count). The predicted octanol–water partition coefficient (Wildman–Crippen LogP) is 7.69. The van der Waals surface area contributed by atoms with Gasteiger partial charge in [0, 0.05) is 10.2 Å². The van der Waals surface area contributed by atoms with Gasteiger partial charge in [-0.25, -0.2) is 0 Å². The van der Waals surface area contributed by atoms with Gasteiger partial charge in [0.05, 0.1) is 11.4 Å². The van der Waals surface area contributed by atoms with Crippen LogP contribution in [0.1, 0.15) is 0 Å². The van der Waals surface area contributed by atoms with Crippen LogP contribution in [0.15, 0.2) is 102 Å². The van der Waals surface area contributed by atoms with E-state index >= 15 is 0 Å². The lowest BCUT2D eigenvalue weighted by Crippen LogP contribution is -2.15. The third-order valence-electron chi connectivity index (χ3n) is 4.71. The topological polar surface area (TPSA) is 12.5 Å². The van der Waals surface area contributed by atoms with Crippen molar-refractivity contribution in [2.45, 2.75) is 0 Å². The summed E-state index contributed by atoms with van der Waals surface area (Å²) in [5.41, 5.74) is 5.48. The maximum atomic E-state index is 6.23. The van der Waals surface area contributed by atoms with Gasteiger partial charge < -0.3 is 9.64 Å². The molecule has 0 aromatic heterocycles. The van der Waals surface area contributed by atoms with Crippen LogP contribution in [-0.2, 0) is 0 Å². The molecule has 130 valence electrons. The Labute approximate surface area is 166 Å². The molecule has 4 aromatic carbocycles. The highest BCUT2D eigenvalue weighted by Crippen LogP contribution is 2.52. The van der Waals surface area contributed by atoms with Gasteiger partial charge in [0.1, 0.15) is 0 Å². The summed E-state index contributed by atoms with van der Waals surface area (Å²) < 4.78 is 7.24. The monoisotopic (exact) mass is 413 g/mol. The third-order valence-corrected chi connectivity index (χ3v) is 5.37. The van der Waals surface area contributed by atoms with Crippen LogP contribution in [-0.4, -0.2) is 0 Å². The Hall–Kier alpha value is -3.04. The highest BCUT2D eigenvalue weighted by Gasteiger charge is 2.26. The molecule has 27 heavy (non-hydrogen) atoms. The molecule has 2 nitrogen and oxygen atoms in total. The minimum absolute atomic E-state index is 0.837. The van der Waals surface area contributed by atoms with Crippen molar-refractivity contribution in [2.75, 3.05) is 4.90 Å². The molecule has 0 atom stereocenters. The van der Waals surface area contributed by atoms with E-state index in [9.17, 15) is 0 Å². The van der Waals surface area contributed by atoms with Gasteiger partial charge in [0.2, 0.25) is 0 Å². The zero-order valence-corrected chi connectivity index (χ0v) is 16.1. The zero-order valence-electron chi connectivity index (χ0n) is 14.5. The van der Waals surface area contributed by atoms with Crippen molar-refractivity contribution in [3.05, 3.63) is 102 Å². The van der Waals surface area contributed by atoms with E-state index in [2.05, 4.69) is 87.6 Å². The van der Waals surface area contributed by atoms with Crippen molar-refractivity contribution < 1.29 is 4.74 Å². The van der Waals surface area contributed by atoms with Crippen LogP contribution < -0.4 is 9.64 Å². The maximum Gasteiger partial charge on any atom is 0.152 e. The maximum absolute atomic E-state index is 6.23. The molecule has 1 heterocycles. The van der Waals surface area contributed by atoms with Crippen LogP contribution in [0.4, 0.5) is 17.1 Å². The molecule has 0 amide bonds. The molecule has 0 aliphatic carbocycles. The van der Waals surface area contributed by atoms with Crippen LogP contribution >= 0.6 is 15.9 Å². The van der Waals surface area contributed by atoms with Crippen molar-refractivity contribution in [1.29, 1.82) is 0 Å². The summed E-state index contributed by atoms with van der Waals surface area (Å²) in [6.45, 7) is 0. The van der Waals surface area contributed by atoms with Gasteiger partial charge in [0.15, 0.2) is 11.5 Å². The molecule has 0 bridgehead atoms. The normalized spacial score (nSPS) is 12.1. The van der Waals surface area contributed by atoms with Crippen molar-refractivity contribution >= 4 is 33.0 Å². The highest BCUT2D eigenvalue weighted by atomic mass is 79.9. The second-order valence-corrected chi connectivity index (χ2v) is 7.26. The van der Waals surface area contributed by atoms with Gasteiger partial charge >= 0.3 is 0 Å². The SMILES string of the molecule is Brc1cc2c(cc1-c1ccccc1)N(c1ccccc1)c1ccccc1O2. The molecule has 3 heteroatoms. The fourth-order valence-corrected chi connectivity index (χ4v) is 4.02. The van der Waals surface area contributed by atoms with Crippen LogP contribution in [0.25, 0.3) is 11.1 Å². The van der Waals surface area contributed by atoms with E-state index in [0.29, 0.717) is 0 Å². The molecular formula is C24H16BrNO. The lowest BCUT2D eigenvalue weighted by molar-refractivity contribution is 0.476. The number of para-hydroxylation sites is 3. The molecule has 0 fully saturated rings. The number of halogens is 1. The van der Waals surface area contributed by atoms with Gasteiger partial charge in [-0.1, -0.05) is 76.6 Å². The molecule has 1 aliphatic rings.